The average molecular weight is 918 g/mol. The van der Waals surface area contributed by atoms with Crippen LogP contribution in [0.4, 0.5) is 4.39 Å². The number of piperazine rings is 1. The number of aromatic carboxylic acids is 1. The molecule has 2 N–H and O–H groups in total. The second-order valence-corrected chi connectivity index (χ2v) is 17.4. The number of halogens is 2. The number of nitrogens with zero attached hydrogens (tertiary/aromatic N) is 6. The van der Waals surface area contributed by atoms with Crippen molar-refractivity contribution in [3.05, 3.63) is 111 Å². The van der Waals surface area contributed by atoms with Gasteiger partial charge in [-0.2, -0.15) is 5.10 Å². The number of carboxylic acid groups (broad SMARTS) is 1. The maximum Gasteiger partial charge on any atom is 0.352 e. The lowest BCUT2D eigenvalue weighted by Gasteiger charge is -2.34. The summed E-state index contributed by atoms with van der Waals surface area (Å²) in [6.07, 6.45) is 1.05. The Hall–Kier alpha value is -6.62. The zero-order chi connectivity index (χ0) is 46.4. The minimum atomic E-state index is -1.06. The van der Waals surface area contributed by atoms with Gasteiger partial charge in [0.2, 0.25) is 11.8 Å². The van der Waals surface area contributed by atoms with Gasteiger partial charge >= 0.3 is 5.97 Å². The Morgan fingerprint density at radius 2 is 1.56 bits per heavy atom. The zero-order valence-corrected chi connectivity index (χ0v) is 37.6. The lowest BCUT2D eigenvalue weighted by molar-refractivity contribution is -0.136. The molecule has 15 nitrogen and oxygen atoms in total. The number of aromatic nitrogens is 3. The number of carboxylic acids is 1. The highest BCUT2D eigenvalue weighted by Gasteiger charge is 2.46. The van der Waals surface area contributed by atoms with Gasteiger partial charge in [-0.25, -0.2) is 9.18 Å². The third kappa shape index (κ3) is 8.28. The number of amides is 4. The number of nitrogens with one attached hydrogen (secondary N) is 1. The van der Waals surface area contributed by atoms with Crippen LogP contribution in [0.3, 0.4) is 0 Å². The molecule has 4 amide bonds. The van der Waals surface area contributed by atoms with Crippen molar-refractivity contribution in [2.24, 2.45) is 7.05 Å². The summed E-state index contributed by atoms with van der Waals surface area (Å²) in [7, 11) is 1.88. The Bertz CT molecular complexity index is 2960. The number of ether oxygens (including phenoxy) is 2. The van der Waals surface area contributed by atoms with E-state index >= 15 is 0 Å². The topological polar surface area (TPSA) is 169 Å². The molecule has 1 unspecified atom stereocenters. The van der Waals surface area contributed by atoms with Crippen LogP contribution in [0.1, 0.15) is 67.4 Å². The van der Waals surface area contributed by atoms with Crippen LogP contribution in [0, 0.1) is 19.7 Å². The molecule has 2 aromatic heterocycles. The number of carbonyl (C=O) groups is 5. The van der Waals surface area contributed by atoms with Crippen LogP contribution in [-0.2, 0) is 29.6 Å². The first-order valence-corrected chi connectivity index (χ1v) is 22.5. The summed E-state index contributed by atoms with van der Waals surface area (Å²) in [6, 6.07) is 17.6. The number of hydrogen-bond donors (Lipinski definition) is 2. The summed E-state index contributed by atoms with van der Waals surface area (Å²) in [5, 5.41) is 20.7. The van der Waals surface area contributed by atoms with Crippen molar-refractivity contribution in [2.75, 3.05) is 52.5 Å². The van der Waals surface area contributed by atoms with Crippen molar-refractivity contribution in [2.45, 2.75) is 52.1 Å². The van der Waals surface area contributed by atoms with E-state index in [-0.39, 0.29) is 47.8 Å². The molecule has 0 bridgehead atoms. The lowest BCUT2D eigenvalue weighted by atomic mass is 9.98. The fourth-order valence-corrected chi connectivity index (χ4v) is 9.98. The molecule has 66 heavy (non-hydrogen) atoms. The molecule has 0 saturated carbocycles. The first-order valence-electron chi connectivity index (χ1n) is 22.1. The second kappa shape index (κ2) is 18.3. The maximum absolute atomic E-state index is 13.9. The maximum atomic E-state index is 13.9. The zero-order valence-electron chi connectivity index (χ0n) is 36.9. The van der Waals surface area contributed by atoms with Crippen LogP contribution >= 0.6 is 11.6 Å². The molecule has 342 valence electrons. The van der Waals surface area contributed by atoms with Gasteiger partial charge in [0.1, 0.15) is 35.7 Å². The largest absolute Gasteiger partial charge is 0.493 e. The summed E-state index contributed by atoms with van der Waals surface area (Å²) in [5.41, 5.74) is 5.22. The molecule has 0 aliphatic carbocycles. The molecule has 2 saturated heterocycles. The Balaban J connectivity index is 0.888. The van der Waals surface area contributed by atoms with E-state index in [4.69, 9.17) is 21.1 Å². The second-order valence-electron chi connectivity index (χ2n) is 17.0. The predicted molar refractivity (Wildman–Crippen MR) is 245 cm³/mol. The Morgan fingerprint density at radius 1 is 0.848 bits per heavy atom. The van der Waals surface area contributed by atoms with Gasteiger partial charge in [-0.15, -0.1) is 0 Å². The number of rotatable bonds is 15. The molecular formula is C49H49ClFN7O8. The number of carbonyl (C=O) groups excluding carboxylic acids is 4. The van der Waals surface area contributed by atoms with Crippen LogP contribution in [-0.4, -0.2) is 122 Å². The van der Waals surface area contributed by atoms with E-state index in [1.807, 2.05) is 55.8 Å². The minimum absolute atomic E-state index is 0.0341. The summed E-state index contributed by atoms with van der Waals surface area (Å²) >= 11 is 7.07. The van der Waals surface area contributed by atoms with Crippen molar-refractivity contribution < 1.29 is 42.9 Å². The van der Waals surface area contributed by atoms with Gasteiger partial charge in [0.05, 0.1) is 34.0 Å². The van der Waals surface area contributed by atoms with Gasteiger partial charge in [0.15, 0.2) is 0 Å². The Kier molecular flexibility index (Phi) is 12.4. The molecule has 17 heteroatoms. The van der Waals surface area contributed by atoms with Crippen molar-refractivity contribution >= 4 is 62.9 Å². The van der Waals surface area contributed by atoms with Gasteiger partial charge in [0, 0.05) is 86.9 Å². The molecule has 4 aromatic carbocycles. The Morgan fingerprint density at radius 3 is 2.29 bits per heavy atom. The van der Waals surface area contributed by atoms with E-state index in [0.717, 1.165) is 75.3 Å². The fraction of sp³-hybridized carbons (Fsp3) is 0.347. The Labute approximate surface area is 384 Å². The predicted octanol–water partition coefficient (Wildman–Crippen LogP) is 6.41. The number of aryl methyl sites for hydroxylation is 3. The van der Waals surface area contributed by atoms with Gasteiger partial charge < -0.3 is 19.1 Å². The number of benzene rings is 4. The third-order valence-electron chi connectivity index (χ3n) is 13.1. The van der Waals surface area contributed by atoms with E-state index < -0.39 is 35.6 Å². The van der Waals surface area contributed by atoms with Crippen LogP contribution in [0.15, 0.2) is 66.7 Å². The van der Waals surface area contributed by atoms with Gasteiger partial charge in [-0.1, -0.05) is 35.9 Å². The van der Waals surface area contributed by atoms with Gasteiger partial charge in [-0.05, 0) is 86.5 Å². The van der Waals surface area contributed by atoms with E-state index in [2.05, 4.69) is 20.2 Å². The molecule has 2 fully saturated rings. The van der Waals surface area contributed by atoms with Crippen LogP contribution in [0.25, 0.3) is 32.8 Å². The monoisotopic (exact) mass is 917 g/mol. The first kappa shape index (κ1) is 44.6. The first-order chi connectivity index (χ1) is 31.8. The highest BCUT2D eigenvalue weighted by atomic mass is 35.5. The highest BCUT2D eigenvalue weighted by Crippen LogP contribution is 2.42. The normalized spacial score (nSPS) is 17.0. The molecule has 0 spiro atoms. The number of imide groups is 2. The highest BCUT2D eigenvalue weighted by molar-refractivity contribution is 6.35. The van der Waals surface area contributed by atoms with Crippen LogP contribution in [0.2, 0.25) is 5.02 Å². The van der Waals surface area contributed by atoms with Gasteiger partial charge in [0.25, 0.3) is 11.8 Å². The van der Waals surface area contributed by atoms with Gasteiger partial charge in [-0.3, -0.25) is 43.9 Å². The molecule has 3 aliphatic heterocycles. The van der Waals surface area contributed by atoms with Crippen molar-refractivity contribution in [1.82, 2.24) is 34.4 Å². The van der Waals surface area contributed by atoms with E-state index in [1.54, 1.807) is 22.9 Å². The molecule has 3 aliphatic rings. The van der Waals surface area contributed by atoms with Crippen molar-refractivity contribution in [3.63, 3.8) is 0 Å². The summed E-state index contributed by atoms with van der Waals surface area (Å²) in [4.78, 5) is 69.9. The minimum Gasteiger partial charge on any atom is -0.493 e. The lowest BCUT2D eigenvalue weighted by Crippen LogP contribution is -2.54. The standard InChI is InChI=1S/C49H49ClFN7O8/c1-28-41(29(2)54(3)53-28)43-36(50)15-14-34-33(9-6-25-65-38-10-4-7-30-27-31(51)12-13-32(30)38)45(49(63)64)57(44(34)43)23-22-55-18-20-56(21-19-55)24-26-66-39-11-5-8-35-42(39)48(62)58(47(35)61)37-16-17-40(59)52-46(37)60/h4-5,7-8,10-15,27,37H,6,9,16-26H2,1-3H3,(H,63,64)(H,52,59,60). The van der Waals surface area contributed by atoms with Crippen LogP contribution in [0.5, 0.6) is 11.5 Å². The average Bonchev–Trinajstić information content (AvgIpc) is 3.85. The molecule has 5 heterocycles. The van der Waals surface area contributed by atoms with Crippen LogP contribution < -0.4 is 14.8 Å². The molecule has 1 atom stereocenters. The third-order valence-corrected chi connectivity index (χ3v) is 13.4. The summed E-state index contributed by atoms with van der Waals surface area (Å²) in [6.45, 7) is 8.86. The van der Waals surface area contributed by atoms with E-state index in [9.17, 15) is 33.5 Å². The molecule has 9 rings (SSSR count). The molecule has 0 radical (unpaired) electrons. The SMILES string of the molecule is Cc1nn(C)c(C)c1-c1c(Cl)ccc2c(CCCOc3cccc4cc(F)ccc34)c(C(=O)O)n(CCN3CCN(CCOc4cccc5c4C(=O)N(C4CCC(=O)NC4=O)C5=O)CC3)c12. The van der Waals surface area contributed by atoms with E-state index in [0.29, 0.717) is 55.4 Å². The van der Waals surface area contributed by atoms with Crippen molar-refractivity contribution in [3.8, 4) is 22.6 Å². The quantitative estimate of drug-likeness (QED) is 0.0863. The molecule has 6 aromatic rings. The summed E-state index contributed by atoms with van der Waals surface area (Å²) < 4.78 is 30.0. The van der Waals surface area contributed by atoms with E-state index in [1.165, 1.54) is 18.2 Å². The van der Waals surface area contributed by atoms with Crippen molar-refractivity contribution in [1.29, 1.82) is 0 Å². The summed E-state index contributed by atoms with van der Waals surface area (Å²) in [5.74, 6) is -2.78. The fourth-order valence-electron chi connectivity index (χ4n) is 9.74. The number of piperidine rings is 1. The number of hydrogen-bond acceptors (Lipinski definition) is 10. The molecular weight excluding hydrogens is 869 g/mol. The smallest absolute Gasteiger partial charge is 0.352 e. The number of fused-ring (bicyclic) bond motifs is 3.